The van der Waals surface area contributed by atoms with Crippen LogP contribution < -0.4 is 10.2 Å². The molecule has 1 heterocycles. The van der Waals surface area contributed by atoms with E-state index in [-0.39, 0.29) is 30.9 Å². The standard InChI is InChI=1S/C20H20N2O3/c23-13-20-10-16(20)15-8-4-5-9-17(15)22(19(20)25)12-18(24)21-11-14-6-2-1-3-7-14/h1-9,16,23H,10-13H2,(H,21,24)/t16-,20+/m0/s1. The van der Waals surface area contributed by atoms with Crippen molar-refractivity contribution in [1.82, 2.24) is 5.32 Å². The van der Waals surface area contributed by atoms with Crippen molar-refractivity contribution >= 4 is 17.5 Å². The van der Waals surface area contributed by atoms with E-state index >= 15 is 0 Å². The summed E-state index contributed by atoms with van der Waals surface area (Å²) in [6, 6.07) is 17.3. The number of para-hydroxylation sites is 1. The third-order valence-corrected chi connectivity index (χ3v) is 5.27. The van der Waals surface area contributed by atoms with Gasteiger partial charge in [0.15, 0.2) is 0 Å². The number of anilines is 1. The number of nitrogens with one attached hydrogen (secondary N) is 1. The Morgan fingerprint density at radius 1 is 1.16 bits per heavy atom. The minimum atomic E-state index is -0.728. The van der Waals surface area contributed by atoms with Crippen molar-refractivity contribution in [3.63, 3.8) is 0 Å². The number of rotatable bonds is 5. The summed E-state index contributed by atoms with van der Waals surface area (Å²) < 4.78 is 0. The zero-order chi connectivity index (χ0) is 17.4. The molecule has 25 heavy (non-hydrogen) atoms. The summed E-state index contributed by atoms with van der Waals surface area (Å²) in [5, 5.41) is 12.6. The quantitative estimate of drug-likeness (QED) is 0.875. The third kappa shape index (κ3) is 2.61. The molecule has 2 aliphatic rings. The van der Waals surface area contributed by atoms with Gasteiger partial charge in [0.2, 0.25) is 11.8 Å². The van der Waals surface area contributed by atoms with Gasteiger partial charge in [-0.3, -0.25) is 9.59 Å². The number of hydrogen-bond acceptors (Lipinski definition) is 3. The van der Waals surface area contributed by atoms with E-state index in [0.29, 0.717) is 13.0 Å². The summed E-state index contributed by atoms with van der Waals surface area (Å²) in [7, 11) is 0. The number of hydrogen-bond donors (Lipinski definition) is 2. The average molecular weight is 336 g/mol. The Bertz CT molecular complexity index is 821. The highest BCUT2D eigenvalue weighted by atomic mass is 16.3. The predicted octanol–water partition coefficient (Wildman–Crippen LogP) is 1.82. The normalized spacial score (nSPS) is 23.6. The molecule has 1 aliphatic carbocycles. The highest BCUT2D eigenvalue weighted by Crippen LogP contribution is 2.64. The van der Waals surface area contributed by atoms with Crippen molar-refractivity contribution in [2.75, 3.05) is 18.1 Å². The lowest BCUT2D eigenvalue weighted by atomic mass is 9.92. The second-order valence-electron chi connectivity index (χ2n) is 6.78. The first kappa shape index (κ1) is 15.8. The molecule has 2 N–H and O–H groups in total. The fraction of sp³-hybridized carbons (Fsp3) is 0.300. The lowest BCUT2D eigenvalue weighted by molar-refractivity contribution is -0.128. The molecule has 1 saturated carbocycles. The van der Waals surface area contributed by atoms with Crippen LogP contribution in [0.3, 0.4) is 0 Å². The molecule has 2 aromatic rings. The Labute approximate surface area is 146 Å². The highest BCUT2D eigenvalue weighted by molar-refractivity contribution is 6.07. The molecule has 5 heteroatoms. The molecule has 0 bridgehead atoms. The van der Waals surface area contributed by atoms with Crippen LogP contribution in [0, 0.1) is 5.41 Å². The number of nitrogens with zero attached hydrogens (tertiary/aromatic N) is 1. The van der Waals surface area contributed by atoms with E-state index in [2.05, 4.69) is 5.32 Å². The van der Waals surface area contributed by atoms with Crippen molar-refractivity contribution in [2.24, 2.45) is 5.41 Å². The molecule has 5 nitrogen and oxygen atoms in total. The first-order valence-corrected chi connectivity index (χ1v) is 8.48. The molecule has 1 aliphatic heterocycles. The van der Waals surface area contributed by atoms with Gasteiger partial charge < -0.3 is 15.3 Å². The van der Waals surface area contributed by atoms with Crippen LogP contribution in [0.4, 0.5) is 5.69 Å². The number of amides is 2. The van der Waals surface area contributed by atoms with Gasteiger partial charge in [-0.05, 0) is 23.6 Å². The van der Waals surface area contributed by atoms with Crippen LogP contribution in [0.15, 0.2) is 54.6 Å². The predicted molar refractivity (Wildman–Crippen MR) is 94.0 cm³/mol. The molecule has 0 aromatic heterocycles. The molecule has 0 radical (unpaired) electrons. The van der Waals surface area contributed by atoms with Crippen LogP contribution in [-0.2, 0) is 16.1 Å². The summed E-state index contributed by atoms with van der Waals surface area (Å²) >= 11 is 0. The van der Waals surface area contributed by atoms with Crippen molar-refractivity contribution in [3.05, 3.63) is 65.7 Å². The van der Waals surface area contributed by atoms with E-state index in [0.717, 1.165) is 16.8 Å². The lowest BCUT2D eigenvalue weighted by Crippen LogP contribution is -2.47. The van der Waals surface area contributed by atoms with E-state index in [1.165, 1.54) is 4.90 Å². The van der Waals surface area contributed by atoms with Gasteiger partial charge in [-0.25, -0.2) is 0 Å². The fourth-order valence-electron chi connectivity index (χ4n) is 3.75. The van der Waals surface area contributed by atoms with Gasteiger partial charge in [-0.2, -0.15) is 0 Å². The lowest BCUT2D eigenvalue weighted by Gasteiger charge is -2.33. The smallest absolute Gasteiger partial charge is 0.240 e. The molecule has 0 spiro atoms. The summed E-state index contributed by atoms with van der Waals surface area (Å²) in [4.78, 5) is 26.8. The fourth-order valence-corrected chi connectivity index (χ4v) is 3.75. The van der Waals surface area contributed by atoms with Gasteiger partial charge >= 0.3 is 0 Å². The van der Waals surface area contributed by atoms with Crippen molar-refractivity contribution in [1.29, 1.82) is 0 Å². The molecule has 1 fully saturated rings. The maximum absolute atomic E-state index is 12.9. The van der Waals surface area contributed by atoms with Crippen molar-refractivity contribution < 1.29 is 14.7 Å². The zero-order valence-electron chi connectivity index (χ0n) is 13.8. The number of aliphatic hydroxyl groups excluding tert-OH is 1. The number of carbonyl (C=O) groups is 2. The first-order valence-electron chi connectivity index (χ1n) is 8.48. The summed E-state index contributed by atoms with van der Waals surface area (Å²) in [6.07, 6.45) is 0.654. The van der Waals surface area contributed by atoms with Gasteiger partial charge in [0.05, 0.1) is 12.0 Å². The summed E-state index contributed by atoms with van der Waals surface area (Å²) in [5.41, 5.74) is 2.12. The number of carbonyl (C=O) groups excluding carboxylic acids is 2. The molecule has 128 valence electrons. The van der Waals surface area contributed by atoms with Gasteiger partial charge in [0.1, 0.15) is 6.54 Å². The summed E-state index contributed by atoms with van der Waals surface area (Å²) in [6.45, 7) is 0.223. The van der Waals surface area contributed by atoms with Gasteiger partial charge in [-0.15, -0.1) is 0 Å². The van der Waals surface area contributed by atoms with E-state index < -0.39 is 5.41 Å². The Balaban J connectivity index is 1.51. The van der Waals surface area contributed by atoms with E-state index in [4.69, 9.17) is 0 Å². The monoisotopic (exact) mass is 336 g/mol. The molecule has 4 rings (SSSR count). The molecule has 0 saturated heterocycles. The van der Waals surface area contributed by atoms with Crippen LogP contribution >= 0.6 is 0 Å². The Hall–Kier alpha value is -2.66. The van der Waals surface area contributed by atoms with Crippen LogP contribution in [0.1, 0.15) is 23.5 Å². The minimum Gasteiger partial charge on any atom is -0.395 e. The van der Waals surface area contributed by atoms with E-state index in [9.17, 15) is 14.7 Å². The molecule has 0 unspecified atom stereocenters. The Morgan fingerprint density at radius 3 is 2.64 bits per heavy atom. The third-order valence-electron chi connectivity index (χ3n) is 5.27. The van der Waals surface area contributed by atoms with Crippen LogP contribution in [0.25, 0.3) is 0 Å². The second kappa shape index (κ2) is 6.01. The van der Waals surface area contributed by atoms with Crippen LogP contribution in [0.5, 0.6) is 0 Å². The number of benzene rings is 2. The molecule has 2 atom stereocenters. The number of aliphatic hydroxyl groups is 1. The van der Waals surface area contributed by atoms with Crippen LogP contribution in [-0.4, -0.2) is 30.1 Å². The largest absolute Gasteiger partial charge is 0.395 e. The maximum atomic E-state index is 12.9. The molecular weight excluding hydrogens is 316 g/mol. The Kier molecular flexibility index (Phi) is 3.81. The van der Waals surface area contributed by atoms with Crippen molar-refractivity contribution in [3.8, 4) is 0 Å². The number of fused-ring (bicyclic) bond motifs is 3. The SMILES string of the molecule is O=C(CN1C(=O)[C@@]2(CO)C[C@H]2c2ccccc21)NCc1ccccc1. The second-order valence-corrected chi connectivity index (χ2v) is 6.78. The first-order chi connectivity index (χ1) is 12.2. The molecular formula is C20H20N2O3. The minimum absolute atomic E-state index is 0.0306. The van der Waals surface area contributed by atoms with E-state index in [1.54, 1.807) is 0 Å². The molecule has 2 amide bonds. The van der Waals surface area contributed by atoms with E-state index in [1.807, 2.05) is 54.6 Å². The topological polar surface area (TPSA) is 69.6 Å². The highest BCUT2D eigenvalue weighted by Gasteiger charge is 2.64. The van der Waals surface area contributed by atoms with Gasteiger partial charge in [0, 0.05) is 18.2 Å². The summed E-state index contributed by atoms with van der Waals surface area (Å²) in [5.74, 6) is -0.280. The zero-order valence-corrected chi connectivity index (χ0v) is 13.8. The average Bonchev–Trinajstić information content (AvgIpc) is 3.41. The van der Waals surface area contributed by atoms with Crippen molar-refractivity contribution in [2.45, 2.75) is 18.9 Å². The molecule has 2 aromatic carbocycles. The Morgan fingerprint density at radius 2 is 1.88 bits per heavy atom. The maximum Gasteiger partial charge on any atom is 0.240 e. The van der Waals surface area contributed by atoms with Gasteiger partial charge in [-0.1, -0.05) is 48.5 Å². The van der Waals surface area contributed by atoms with Crippen LogP contribution in [0.2, 0.25) is 0 Å². The van der Waals surface area contributed by atoms with Gasteiger partial charge in [0.25, 0.3) is 0 Å².